The van der Waals surface area contributed by atoms with Crippen molar-refractivity contribution in [3.05, 3.63) is 443 Å². The van der Waals surface area contributed by atoms with Crippen molar-refractivity contribution in [2.24, 2.45) is 0 Å². The van der Waals surface area contributed by atoms with Gasteiger partial charge in [0.25, 0.3) is 0 Å². The molecule has 0 aliphatic heterocycles. The van der Waals surface area contributed by atoms with E-state index in [0.29, 0.717) is 0 Å². The smallest absolute Gasteiger partial charge is 0.179 e. The summed E-state index contributed by atoms with van der Waals surface area (Å²) in [5.41, 5.74) is 14.5. The summed E-state index contributed by atoms with van der Waals surface area (Å²) in [5, 5.41) is 20.6. The number of benzene rings is 17. The molecule has 0 atom stereocenters. The lowest BCUT2D eigenvalue weighted by Crippen LogP contribution is -2.74. The van der Waals surface area contributed by atoms with E-state index >= 15 is 0 Å². The minimum absolute atomic E-state index is 0.851. The molecule has 0 spiro atoms. The van der Waals surface area contributed by atoms with E-state index in [1.54, 1.807) is 0 Å². The minimum Gasteiger partial charge on any atom is -0.456 e. The van der Waals surface area contributed by atoms with E-state index in [0.717, 1.165) is 49.8 Å². The van der Waals surface area contributed by atoms with Crippen molar-refractivity contribution in [1.29, 1.82) is 0 Å². The molecule has 17 aromatic carbocycles. The van der Waals surface area contributed by atoms with Crippen LogP contribution >= 0.6 is 0 Å². The van der Waals surface area contributed by atoms with Gasteiger partial charge in [-0.05, 0) is 155 Å². The van der Waals surface area contributed by atoms with Crippen molar-refractivity contribution in [2.45, 2.75) is 0 Å². The monoisotopic (exact) mass is 1410 g/mol. The maximum Gasteiger partial charge on any atom is 0.179 e. The molecular formula is C102H73NOSi3. The van der Waals surface area contributed by atoms with E-state index in [-0.39, 0.29) is 0 Å². The van der Waals surface area contributed by atoms with Crippen molar-refractivity contribution in [3.8, 4) is 50.2 Å². The zero-order valence-corrected chi connectivity index (χ0v) is 62.0. The Morgan fingerprint density at radius 2 is 0.477 bits per heavy atom. The summed E-state index contributed by atoms with van der Waals surface area (Å²) < 4.78 is 9.59. The molecular weight excluding hydrogens is 1340 g/mol. The van der Waals surface area contributed by atoms with E-state index in [2.05, 4.69) is 447 Å². The molecule has 0 radical (unpaired) electrons. The number of hydrogen-bond acceptors (Lipinski definition) is 1. The molecule has 0 aliphatic carbocycles. The lowest BCUT2D eigenvalue weighted by molar-refractivity contribution is 0.669. The average molecular weight is 1410 g/mol. The molecule has 2 heterocycles. The fourth-order valence-electron chi connectivity index (χ4n) is 17.7. The summed E-state index contributed by atoms with van der Waals surface area (Å²) in [4.78, 5) is 0. The first kappa shape index (κ1) is 64.8. The van der Waals surface area contributed by atoms with Crippen LogP contribution in [-0.4, -0.2) is 28.8 Å². The van der Waals surface area contributed by atoms with Crippen LogP contribution in [0, 0.1) is 0 Å². The molecule has 0 aliphatic rings. The van der Waals surface area contributed by atoms with Gasteiger partial charge >= 0.3 is 0 Å². The quantitative estimate of drug-likeness (QED) is 0.0656. The largest absolute Gasteiger partial charge is 0.456 e. The van der Waals surface area contributed by atoms with Crippen LogP contribution in [0.15, 0.2) is 447 Å². The Kier molecular flexibility index (Phi) is 16.7. The topological polar surface area (TPSA) is 18.1 Å². The highest BCUT2D eigenvalue weighted by molar-refractivity contribution is 7.21. The Morgan fingerprint density at radius 1 is 0.168 bits per heavy atom. The summed E-state index contributed by atoms with van der Waals surface area (Å²) >= 11 is 0. The summed E-state index contributed by atoms with van der Waals surface area (Å²) in [6, 6.07) is 166. The van der Waals surface area contributed by atoms with Crippen molar-refractivity contribution in [2.75, 3.05) is 0 Å². The van der Waals surface area contributed by atoms with Crippen LogP contribution in [0.3, 0.4) is 0 Å². The van der Waals surface area contributed by atoms with Gasteiger partial charge in [-0.1, -0.05) is 394 Å². The summed E-state index contributed by atoms with van der Waals surface area (Å²) in [6.45, 7) is 0. The zero-order valence-electron chi connectivity index (χ0n) is 59.0. The summed E-state index contributed by atoms with van der Waals surface area (Å²) in [5.74, 6) is 0. The van der Waals surface area contributed by atoms with Crippen LogP contribution < -0.4 is 62.2 Å². The lowest BCUT2D eigenvalue weighted by Gasteiger charge is -2.34. The first-order chi connectivity index (χ1) is 53.0. The Hall–Kier alpha value is -13.0. The van der Waals surface area contributed by atoms with Crippen LogP contribution in [0.2, 0.25) is 0 Å². The normalized spacial score (nSPS) is 11.9. The van der Waals surface area contributed by atoms with E-state index < -0.39 is 24.2 Å². The van der Waals surface area contributed by atoms with E-state index in [1.807, 2.05) is 0 Å². The first-order valence-corrected chi connectivity index (χ1v) is 43.0. The van der Waals surface area contributed by atoms with Crippen molar-refractivity contribution in [1.82, 2.24) is 4.57 Å². The molecule has 5 heteroatoms. The standard InChI is InChI=1S/C102H73NOSi3/c1-10-33-74(34-11-1)75-35-30-37-78(67-75)93-57-28-29-58-94(93)79-38-32-56-89(69-79)107(87-52-24-8-25-53-87,88-54-26-9-27-55-88)92-62-66-101-98(73-92)95-63-59-77(70-102(95)104-101)76-36-31-39-80(68-76)103-99-64-60-90(105(81-40-12-2-13-41-81,82-42-14-3-15-43-82)83-44-16-4-17-45-83)71-96(99)97-72-91(61-65-100(97)103)106(84-46-18-5-19-47-84,85-48-20-6-21-49-85)86-50-22-7-23-51-86/h1-73H. The SMILES string of the molecule is c1ccc(-c2cccc(-c3ccccc3-c3cccc([Si](c4ccccc4)(c4ccccc4)c4ccc5oc6cc(-c7cccc(-n8c9ccc([Si](c%10ccccc%10)(c%10ccccc%10)c%10ccccc%10)cc9c9cc([Si](c%10ccccc%10)(c%10ccccc%10)c%10ccccc%10)ccc98)c7)ccc6c5c4)c3)c2)cc1. The molecule has 19 rings (SSSR count). The Balaban J connectivity index is 0.770. The highest BCUT2D eigenvalue weighted by Crippen LogP contribution is 2.38. The zero-order chi connectivity index (χ0) is 71.1. The minimum atomic E-state index is -3.09. The second kappa shape index (κ2) is 27.6. The first-order valence-electron chi connectivity index (χ1n) is 37.0. The van der Waals surface area contributed by atoms with Gasteiger partial charge in [0.2, 0.25) is 0 Å². The van der Waals surface area contributed by atoms with Crippen LogP contribution in [0.1, 0.15) is 0 Å². The van der Waals surface area contributed by atoms with E-state index in [1.165, 1.54) is 106 Å². The number of hydrogen-bond donors (Lipinski definition) is 0. The van der Waals surface area contributed by atoms with E-state index in [4.69, 9.17) is 4.42 Å². The molecule has 504 valence electrons. The number of furan rings is 1. The maximum absolute atomic E-state index is 7.07. The fourth-order valence-corrected chi connectivity index (χ4v) is 32.0. The van der Waals surface area contributed by atoms with Gasteiger partial charge in [0.15, 0.2) is 24.2 Å². The highest BCUT2D eigenvalue weighted by atomic mass is 28.3. The van der Waals surface area contributed by atoms with Crippen LogP contribution in [0.25, 0.3) is 93.9 Å². The van der Waals surface area contributed by atoms with Crippen LogP contribution in [-0.2, 0) is 0 Å². The third-order valence-electron chi connectivity index (χ3n) is 22.4. The predicted octanol–water partition coefficient (Wildman–Crippen LogP) is 17.5. The molecule has 0 N–H and O–H groups in total. The third kappa shape index (κ3) is 11.0. The van der Waals surface area contributed by atoms with Gasteiger partial charge in [-0.3, -0.25) is 0 Å². The second-order valence-electron chi connectivity index (χ2n) is 28.1. The van der Waals surface area contributed by atoms with Crippen molar-refractivity contribution in [3.63, 3.8) is 0 Å². The molecule has 0 unspecified atom stereocenters. The fraction of sp³-hybridized carbons (Fsp3) is 0. The van der Waals surface area contributed by atoms with E-state index in [9.17, 15) is 0 Å². The van der Waals surface area contributed by atoms with Gasteiger partial charge in [-0.15, -0.1) is 0 Å². The van der Waals surface area contributed by atoms with Gasteiger partial charge < -0.3 is 8.98 Å². The average Bonchev–Trinajstić information content (AvgIpc) is 1.64. The third-order valence-corrected chi connectivity index (χ3v) is 36.7. The highest BCUT2D eigenvalue weighted by Gasteiger charge is 2.45. The molecule has 0 saturated heterocycles. The molecule has 107 heavy (non-hydrogen) atoms. The van der Waals surface area contributed by atoms with Crippen LogP contribution in [0.4, 0.5) is 0 Å². The van der Waals surface area contributed by atoms with Gasteiger partial charge in [-0.2, -0.15) is 0 Å². The van der Waals surface area contributed by atoms with Crippen molar-refractivity contribution >= 4 is 130 Å². The summed E-state index contributed by atoms with van der Waals surface area (Å²) in [6.07, 6.45) is 0. The molecule has 2 nitrogen and oxygen atoms in total. The number of fused-ring (bicyclic) bond motifs is 6. The van der Waals surface area contributed by atoms with Gasteiger partial charge in [0.05, 0.1) is 11.0 Å². The molecule has 0 saturated carbocycles. The summed E-state index contributed by atoms with van der Waals surface area (Å²) in [7, 11) is -9.03. The Labute approximate surface area is 627 Å². The molecule has 2 aromatic heterocycles. The Morgan fingerprint density at radius 3 is 0.916 bits per heavy atom. The molecule has 19 aromatic rings. The number of aromatic nitrogens is 1. The van der Waals surface area contributed by atoms with Gasteiger partial charge in [-0.25, -0.2) is 0 Å². The number of nitrogens with zero attached hydrogens (tertiary/aromatic N) is 1. The lowest BCUT2D eigenvalue weighted by atomic mass is 9.93. The molecule has 0 amide bonds. The maximum atomic E-state index is 7.07. The van der Waals surface area contributed by atoms with Crippen LogP contribution in [0.5, 0.6) is 0 Å². The molecule has 0 fully saturated rings. The van der Waals surface area contributed by atoms with Crippen molar-refractivity contribution < 1.29 is 4.42 Å². The van der Waals surface area contributed by atoms with Gasteiger partial charge in [0, 0.05) is 27.2 Å². The predicted molar refractivity (Wildman–Crippen MR) is 461 cm³/mol. The van der Waals surface area contributed by atoms with Gasteiger partial charge in [0.1, 0.15) is 11.2 Å². The molecule has 0 bridgehead atoms. The number of rotatable bonds is 17. The second-order valence-corrected chi connectivity index (χ2v) is 39.6. The Bertz CT molecular complexity index is 5990.